The number of hydrogen-bond acceptors (Lipinski definition) is 2. The Kier molecular flexibility index (Phi) is 4.17. The minimum atomic E-state index is -0.335. The van der Waals surface area contributed by atoms with Crippen LogP contribution in [0.1, 0.15) is 53.9 Å². The number of carbonyl (C=O) groups excluding carboxylic acids is 1. The minimum absolute atomic E-state index is 0.0415. The lowest BCUT2D eigenvalue weighted by molar-refractivity contribution is -0.166. The molecule has 0 aliphatic heterocycles. The number of allylic oxidation sites excluding steroid dienone is 2. The number of esters is 1. The SMILES string of the molecule is CC1=CC[C@@H](C(C)(C)OC(=O)C(C)C)CC1. The van der Waals surface area contributed by atoms with Crippen molar-refractivity contribution in [2.75, 3.05) is 0 Å². The Morgan fingerprint density at radius 2 is 2.12 bits per heavy atom. The lowest BCUT2D eigenvalue weighted by Gasteiger charge is -2.36. The van der Waals surface area contributed by atoms with E-state index < -0.39 is 0 Å². The number of rotatable bonds is 3. The smallest absolute Gasteiger partial charge is 0.308 e. The van der Waals surface area contributed by atoms with E-state index in [-0.39, 0.29) is 17.5 Å². The van der Waals surface area contributed by atoms with Gasteiger partial charge in [-0.25, -0.2) is 0 Å². The summed E-state index contributed by atoms with van der Waals surface area (Å²) in [4.78, 5) is 11.6. The molecule has 0 radical (unpaired) electrons. The summed E-state index contributed by atoms with van der Waals surface area (Å²) in [6.45, 7) is 9.99. The van der Waals surface area contributed by atoms with Crippen LogP contribution in [-0.4, -0.2) is 11.6 Å². The quantitative estimate of drug-likeness (QED) is 0.539. The highest BCUT2D eigenvalue weighted by atomic mass is 16.6. The Hall–Kier alpha value is -0.790. The first kappa shape index (κ1) is 13.3. The normalized spacial score (nSPS) is 21.9. The standard InChI is InChI=1S/C14H24O2/c1-10(2)13(15)16-14(4,5)12-8-6-11(3)7-9-12/h6,10,12H,7-9H2,1-5H3/t12-/m1/s1. The van der Waals surface area contributed by atoms with Crippen molar-refractivity contribution in [1.29, 1.82) is 0 Å². The lowest BCUT2D eigenvalue weighted by atomic mass is 9.79. The predicted octanol–water partition coefficient (Wildman–Crippen LogP) is 3.71. The maximum Gasteiger partial charge on any atom is 0.308 e. The zero-order valence-corrected chi connectivity index (χ0v) is 11.2. The second-order valence-electron chi connectivity index (χ2n) is 5.70. The predicted molar refractivity (Wildman–Crippen MR) is 66.1 cm³/mol. The van der Waals surface area contributed by atoms with Crippen LogP contribution in [0.2, 0.25) is 0 Å². The molecule has 2 nitrogen and oxygen atoms in total. The van der Waals surface area contributed by atoms with Gasteiger partial charge in [-0.2, -0.15) is 0 Å². The van der Waals surface area contributed by atoms with Gasteiger partial charge in [0.1, 0.15) is 5.60 Å². The van der Waals surface area contributed by atoms with E-state index in [4.69, 9.17) is 4.74 Å². The van der Waals surface area contributed by atoms with E-state index >= 15 is 0 Å². The van der Waals surface area contributed by atoms with Crippen molar-refractivity contribution in [3.05, 3.63) is 11.6 Å². The highest BCUT2D eigenvalue weighted by Crippen LogP contribution is 2.34. The zero-order valence-electron chi connectivity index (χ0n) is 11.2. The Bertz CT molecular complexity index is 287. The molecule has 2 heteroatoms. The summed E-state index contributed by atoms with van der Waals surface area (Å²) >= 11 is 0. The molecule has 0 unspecified atom stereocenters. The third-order valence-corrected chi connectivity index (χ3v) is 3.46. The summed E-state index contributed by atoms with van der Waals surface area (Å²) in [6.07, 6.45) is 5.57. The molecule has 16 heavy (non-hydrogen) atoms. The van der Waals surface area contributed by atoms with E-state index in [1.54, 1.807) is 0 Å². The molecule has 1 aliphatic rings. The summed E-state index contributed by atoms with van der Waals surface area (Å²) in [7, 11) is 0. The van der Waals surface area contributed by atoms with Gasteiger partial charge in [-0.15, -0.1) is 0 Å². The van der Waals surface area contributed by atoms with E-state index in [9.17, 15) is 4.79 Å². The first-order valence-corrected chi connectivity index (χ1v) is 6.21. The molecule has 0 spiro atoms. The van der Waals surface area contributed by atoms with Crippen molar-refractivity contribution in [3.8, 4) is 0 Å². The van der Waals surface area contributed by atoms with Gasteiger partial charge in [-0.1, -0.05) is 25.5 Å². The van der Waals surface area contributed by atoms with Crippen molar-refractivity contribution in [1.82, 2.24) is 0 Å². The number of ether oxygens (including phenoxy) is 1. The van der Waals surface area contributed by atoms with Crippen LogP contribution in [-0.2, 0) is 9.53 Å². The van der Waals surface area contributed by atoms with Crippen molar-refractivity contribution < 1.29 is 9.53 Å². The molecule has 0 saturated heterocycles. The molecular weight excluding hydrogens is 200 g/mol. The summed E-state index contributed by atoms with van der Waals surface area (Å²) in [6, 6.07) is 0. The molecule has 0 heterocycles. The molecule has 0 amide bonds. The van der Waals surface area contributed by atoms with Crippen molar-refractivity contribution in [2.24, 2.45) is 11.8 Å². The van der Waals surface area contributed by atoms with Crippen LogP contribution in [0, 0.1) is 11.8 Å². The van der Waals surface area contributed by atoms with Crippen LogP contribution in [0.3, 0.4) is 0 Å². The second kappa shape index (κ2) is 5.03. The Balaban J connectivity index is 2.60. The maximum atomic E-state index is 11.6. The molecule has 92 valence electrons. The topological polar surface area (TPSA) is 26.3 Å². The fraction of sp³-hybridized carbons (Fsp3) is 0.786. The molecule has 1 aliphatic carbocycles. The molecule has 0 N–H and O–H groups in total. The average molecular weight is 224 g/mol. The Morgan fingerprint density at radius 3 is 2.56 bits per heavy atom. The van der Waals surface area contributed by atoms with Gasteiger partial charge in [0.05, 0.1) is 5.92 Å². The second-order valence-corrected chi connectivity index (χ2v) is 5.70. The van der Waals surface area contributed by atoms with Crippen LogP contribution >= 0.6 is 0 Å². The lowest BCUT2D eigenvalue weighted by Crippen LogP contribution is -2.38. The summed E-state index contributed by atoms with van der Waals surface area (Å²) in [5, 5.41) is 0. The molecule has 0 saturated carbocycles. The van der Waals surface area contributed by atoms with Gasteiger partial charge >= 0.3 is 5.97 Å². The summed E-state index contributed by atoms with van der Waals surface area (Å²) in [5.74, 6) is 0.329. The van der Waals surface area contributed by atoms with Gasteiger partial charge in [0.2, 0.25) is 0 Å². The maximum absolute atomic E-state index is 11.6. The van der Waals surface area contributed by atoms with Gasteiger partial charge in [-0.3, -0.25) is 4.79 Å². The first-order chi connectivity index (χ1) is 7.33. The summed E-state index contributed by atoms with van der Waals surface area (Å²) in [5.41, 5.74) is 1.13. The Labute approximate surface area is 99.1 Å². The van der Waals surface area contributed by atoms with E-state index in [0.29, 0.717) is 5.92 Å². The highest BCUT2D eigenvalue weighted by molar-refractivity contribution is 5.72. The van der Waals surface area contributed by atoms with Crippen molar-refractivity contribution >= 4 is 5.97 Å². The fourth-order valence-electron chi connectivity index (χ4n) is 2.06. The molecule has 0 fully saturated rings. The first-order valence-electron chi connectivity index (χ1n) is 6.21. The van der Waals surface area contributed by atoms with E-state index in [0.717, 1.165) is 19.3 Å². The van der Waals surface area contributed by atoms with Crippen LogP contribution in [0.15, 0.2) is 11.6 Å². The molecule has 1 rings (SSSR count). The van der Waals surface area contributed by atoms with E-state index in [1.165, 1.54) is 5.57 Å². The third-order valence-electron chi connectivity index (χ3n) is 3.46. The number of hydrogen-bond donors (Lipinski definition) is 0. The van der Waals surface area contributed by atoms with E-state index in [1.807, 2.05) is 27.7 Å². The van der Waals surface area contributed by atoms with Crippen LogP contribution < -0.4 is 0 Å². The third kappa shape index (κ3) is 3.36. The largest absolute Gasteiger partial charge is 0.459 e. The van der Waals surface area contributed by atoms with Gasteiger partial charge in [-0.05, 0) is 40.0 Å². The zero-order chi connectivity index (χ0) is 12.3. The van der Waals surface area contributed by atoms with Crippen LogP contribution in [0.4, 0.5) is 0 Å². The Morgan fingerprint density at radius 1 is 1.50 bits per heavy atom. The van der Waals surface area contributed by atoms with Crippen LogP contribution in [0.5, 0.6) is 0 Å². The van der Waals surface area contributed by atoms with Gasteiger partial charge in [0, 0.05) is 5.92 Å². The number of carbonyl (C=O) groups is 1. The monoisotopic (exact) mass is 224 g/mol. The molecule has 0 aromatic carbocycles. The van der Waals surface area contributed by atoms with E-state index in [2.05, 4.69) is 13.0 Å². The molecule has 0 aromatic rings. The minimum Gasteiger partial charge on any atom is -0.459 e. The van der Waals surface area contributed by atoms with Gasteiger partial charge in [0.25, 0.3) is 0 Å². The molecular formula is C14H24O2. The molecule has 0 bridgehead atoms. The molecule has 0 aromatic heterocycles. The summed E-state index contributed by atoms with van der Waals surface area (Å²) < 4.78 is 5.61. The van der Waals surface area contributed by atoms with Crippen LogP contribution in [0.25, 0.3) is 0 Å². The average Bonchev–Trinajstić information content (AvgIpc) is 2.17. The van der Waals surface area contributed by atoms with Gasteiger partial charge < -0.3 is 4.74 Å². The van der Waals surface area contributed by atoms with Crippen molar-refractivity contribution in [3.63, 3.8) is 0 Å². The molecule has 1 atom stereocenters. The highest BCUT2D eigenvalue weighted by Gasteiger charge is 2.34. The van der Waals surface area contributed by atoms with Gasteiger partial charge in [0.15, 0.2) is 0 Å². The fourth-order valence-corrected chi connectivity index (χ4v) is 2.06. The van der Waals surface area contributed by atoms with Crippen molar-refractivity contribution in [2.45, 2.75) is 59.5 Å².